The Labute approximate surface area is 147 Å². The van der Waals surface area contributed by atoms with Crippen LogP contribution in [0.4, 0.5) is 4.79 Å². The van der Waals surface area contributed by atoms with Crippen molar-refractivity contribution in [2.75, 3.05) is 13.7 Å². The standard InChI is InChI=1S/C17H16N2O7/c1-24-11-2-3-13-12(10-11)14(20)6-7-18(13)8-9-25-17(23)26-19-15(21)4-5-16(19)22/h2-7,10,21-22H,8-9H2,1H3. The van der Waals surface area contributed by atoms with Crippen LogP contribution in [0.2, 0.25) is 0 Å². The number of pyridine rings is 1. The molecule has 2 heterocycles. The number of benzene rings is 1. The van der Waals surface area contributed by atoms with E-state index < -0.39 is 17.9 Å². The monoisotopic (exact) mass is 360 g/mol. The summed E-state index contributed by atoms with van der Waals surface area (Å²) in [5, 5.41) is 19.3. The van der Waals surface area contributed by atoms with Gasteiger partial charge >= 0.3 is 6.16 Å². The van der Waals surface area contributed by atoms with Crippen molar-refractivity contribution < 1.29 is 29.3 Å². The minimum absolute atomic E-state index is 0.0500. The first-order valence-corrected chi connectivity index (χ1v) is 7.61. The van der Waals surface area contributed by atoms with Gasteiger partial charge in [0.25, 0.3) is 0 Å². The Hall–Kier alpha value is -3.62. The fourth-order valence-corrected chi connectivity index (χ4v) is 2.44. The van der Waals surface area contributed by atoms with Crippen molar-refractivity contribution in [2.24, 2.45) is 0 Å². The highest BCUT2D eigenvalue weighted by molar-refractivity contribution is 5.80. The Morgan fingerprint density at radius 1 is 1.12 bits per heavy atom. The number of aromatic hydroxyl groups is 2. The maximum Gasteiger partial charge on any atom is 0.534 e. The van der Waals surface area contributed by atoms with Gasteiger partial charge in [0, 0.05) is 29.8 Å². The number of ether oxygens (including phenoxy) is 2. The van der Waals surface area contributed by atoms with Crippen molar-refractivity contribution in [1.82, 2.24) is 9.30 Å². The molecule has 0 aliphatic carbocycles. The van der Waals surface area contributed by atoms with Crippen LogP contribution in [0, 0.1) is 0 Å². The van der Waals surface area contributed by atoms with Crippen LogP contribution in [0.25, 0.3) is 10.9 Å². The molecule has 2 aromatic heterocycles. The summed E-state index contributed by atoms with van der Waals surface area (Å²) in [7, 11) is 1.52. The zero-order valence-electron chi connectivity index (χ0n) is 13.8. The third kappa shape index (κ3) is 3.41. The lowest BCUT2D eigenvalue weighted by Gasteiger charge is -2.12. The van der Waals surface area contributed by atoms with E-state index in [1.807, 2.05) is 0 Å². The molecule has 26 heavy (non-hydrogen) atoms. The van der Waals surface area contributed by atoms with E-state index >= 15 is 0 Å². The molecule has 0 fully saturated rings. The summed E-state index contributed by atoms with van der Waals surface area (Å²) in [6.45, 7) is 0.216. The Kier molecular flexibility index (Phi) is 4.70. The van der Waals surface area contributed by atoms with Crippen LogP contribution in [-0.2, 0) is 11.3 Å². The summed E-state index contributed by atoms with van der Waals surface area (Å²) in [4.78, 5) is 28.3. The molecular weight excluding hydrogens is 344 g/mol. The van der Waals surface area contributed by atoms with E-state index in [0.29, 0.717) is 21.4 Å². The van der Waals surface area contributed by atoms with Crippen LogP contribution in [0.1, 0.15) is 0 Å². The Balaban J connectivity index is 1.67. The SMILES string of the molecule is COc1ccc2c(c1)c(=O)ccn2CCOC(=O)On1c(O)ccc1O. The molecule has 1 aromatic carbocycles. The number of hydrogen-bond donors (Lipinski definition) is 2. The molecule has 136 valence electrons. The van der Waals surface area contributed by atoms with Crippen molar-refractivity contribution in [3.05, 3.63) is 52.8 Å². The second-order valence-corrected chi connectivity index (χ2v) is 5.29. The summed E-state index contributed by atoms with van der Waals surface area (Å²) >= 11 is 0. The number of fused-ring (bicyclic) bond motifs is 1. The van der Waals surface area contributed by atoms with Gasteiger partial charge in [-0.2, -0.15) is 0 Å². The summed E-state index contributed by atoms with van der Waals surface area (Å²) in [5.41, 5.74) is 0.519. The van der Waals surface area contributed by atoms with Gasteiger partial charge in [0.2, 0.25) is 11.8 Å². The van der Waals surface area contributed by atoms with Crippen molar-refractivity contribution in [1.29, 1.82) is 0 Å². The Morgan fingerprint density at radius 2 is 1.85 bits per heavy atom. The van der Waals surface area contributed by atoms with E-state index in [1.54, 1.807) is 29.0 Å². The van der Waals surface area contributed by atoms with Crippen molar-refractivity contribution in [3.63, 3.8) is 0 Å². The highest BCUT2D eigenvalue weighted by Crippen LogP contribution is 2.19. The van der Waals surface area contributed by atoms with Gasteiger partial charge in [-0.1, -0.05) is 0 Å². The van der Waals surface area contributed by atoms with Gasteiger partial charge < -0.3 is 24.3 Å². The van der Waals surface area contributed by atoms with Gasteiger partial charge in [0.15, 0.2) is 5.43 Å². The fraction of sp³-hybridized carbons (Fsp3) is 0.176. The van der Waals surface area contributed by atoms with Gasteiger partial charge in [0.1, 0.15) is 12.4 Å². The molecule has 9 nitrogen and oxygen atoms in total. The normalized spacial score (nSPS) is 10.7. The van der Waals surface area contributed by atoms with Crippen LogP contribution in [0.15, 0.2) is 47.4 Å². The number of carbonyl (C=O) groups excluding carboxylic acids is 1. The number of aromatic nitrogens is 2. The van der Waals surface area contributed by atoms with E-state index in [2.05, 4.69) is 4.84 Å². The molecule has 9 heteroatoms. The highest BCUT2D eigenvalue weighted by Gasteiger charge is 2.13. The second kappa shape index (κ2) is 7.09. The number of carbonyl (C=O) groups is 1. The summed E-state index contributed by atoms with van der Waals surface area (Å²) in [6.07, 6.45) is 0.494. The van der Waals surface area contributed by atoms with Gasteiger partial charge in [0.05, 0.1) is 19.2 Å². The predicted octanol–water partition coefficient (Wildman–Crippen LogP) is 1.49. The lowest BCUT2D eigenvalue weighted by molar-refractivity contribution is 0.0339. The molecule has 0 spiro atoms. The van der Waals surface area contributed by atoms with Gasteiger partial charge in [-0.05, 0) is 18.2 Å². The Bertz CT molecular complexity index is 987. The first-order valence-electron chi connectivity index (χ1n) is 7.61. The lowest BCUT2D eigenvalue weighted by atomic mass is 10.2. The summed E-state index contributed by atoms with van der Waals surface area (Å²) in [6, 6.07) is 8.83. The first kappa shape index (κ1) is 17.2. The topological polar surface area (TPSA) is 112 Å². The number of hydrogen-bond acceptors (Lipinski definition) is 7. The third-order valence-corrected chi connectivity index (χ3v) is 3.70. The van der Waals surface area contributed by atoms with Gasteiger partial charge in [-0.3, -0.25) is 9.63 Å². The average Bonchev–Trinajstić information content (AvgIpc) is 2.95. The molecule has 0 atom stereocenters. The van der Waals surface area contributed by atoms with Gasteiger partial charge in [-0.25, -0.2) is 4.79 Å². The van der Waals surface area contributed by atoms with Crippen LogP contribution in [-0.4, -0.2) is 39.4 Å². The van der Waals surface area contributed by atoms with E-state index in [0.717, 1.165) is 12.1 Å². The zero-order chi connectivity index (χ0) is 18.7. The van der Waals surface area contributed by atoms with Crippen LogP contribution in [0.3, 0.4) is 0 Å². The number of nitrogens with zero attached hydrogens (tertiary/aromatic N) is 2. The molecule has 3 rings (SSSR count). The maximum atomic E-state index is 12.0. The highest BCUT2D eigenvalue weighted by atomic mass is 16.8. The number of methoxy groups -OCH3 is 1. The van der Waals surface area contributed by atoms with Crippen molar-refractivity contribution in [3.8, 4) is 17.5 Å². The molecule has 0 bridgehead atoms. The first-order chi connectivity index (χ1) is 12.5. The van der Waals surface area contributed by atoms with Crippen LogP contribution in [0.5, 0.6) is 17.5 Å². The molecule has 2 N–H and O–H groups in total. The summed E-state index contributed by atoms with van der Waals surface area (Å²) in [5.74, 6) is -0.321. The molecule has 0 amide bonds. The third-order valence-electron chi connectivity index (χ3n) is 3.70. The van der Waals surface area contributed by atoms with Crippen molar-refractivity contribution >= 4 is 17.1 Å². The molecule has 0 saturated heterocycles. The molecule has 0 unspecified atom stereocenters. The second-order valence-electron chi connectivity index (χ2n) is 5.29. The van der Waals surface area contributed by atoms with E-state index in [1.165, 1.54) is 13.2 Å². The van der Waals surface area contributed by atoms with E-state index in [4.69, 9.17) is 9.47 Å². The van der Waals surface area contributed by atoms with E-state index in [9.17, 15) is 19.8 Å². The molecule has 0 aliphatic heterocycles. The molecule has 0 saturated carbocycles. The van der Waals surface area contributed by atoms with E-state index in [-0.39, 0.29) is 18.6 Å². The molecule has 0 radical (unpaired) electrons. The minimum atomic E-state index is -1.10. The summed E-state index contributed by atoms with van der Waals surface area (Å²) < 4.78 is 12.3. The molecular formula is C17H16N2O7. The molecule has 0 aliphatic rings. The lowest BCUT2D eigenvalue weighted by Crippen LogP contribution is -2.22. The van der Waals surface area contributed by atoms with Gasteiger partial charge in [-0.15, -0.1) is 4.73 Å². The fourth-order valence-electron chi connectivity index (χ4n) is 2.44. The molecule has 3 aromatic rings. The Morgan fingerprint density at radius 3 is 2.54 bits per heavy atom. The zero-order valence-corrected chi connectivity index (χ0v) is 13.8. The quantitative estimate of drug-likeness (QED) is 0.663. The maximum absolute atomic E-state index is 12.0. The minimum Gasteiger partial charge on any atom is -0.497 e. The number of rotatable bonds is 5. The average molecular weight is 360 g/mol. The predicted molar refractivity (Wildman–Crippen MR) is 90.4 cm³/mol. The largest absolute Gasteiger partial charge is 0.534 e. The van der Waals surface area contributed by atoms with Crippen LogP contribution >= 0.6 is 0 Å². The van der Waals surface area contributed by atoms with Crippen molar-refractivity contribution in [2.45, 2.75) is 6.54 Å². The van der Waals surface area contributed by atoms with Crippen LogP contribution < -0.4 is 15.0 Å². The smallest absolute Gasteiger partial charge is 0.497 e.